The monoisotopic (exact) mass is 190 g/mol. The van der Waals surface area contributed by atoms with E-state index < -0.39 is 0 Å². The fourth-order valence-electron chi connectivity index (χ4n) is 1.27. The van der Waals surface area contributed by atoms with E-state index >= 15 is 0 Å². The lowest BCUT2D eigenvalue weighted by Gasteiger charge is -2.03. The fraction of sp³-hybridized carbons (Fsp3) is 0.200. The van der Waals surface area contributed by atoms with Gasteiger partial charge in [0.15, 0.2) is 0 Å². The van der Waals surface area contributed by atoms with Crippen LogP contribution in [0, 0.1) is 0 Å². The van der Waals surface area contributed by atoms with E-state index in [9.17, 15) is 4.79 Å². The van der Waals surface area contributed by atoms with E-state index in [1.54, 1.807) is 12.1 Å². The first-order valence-electron chi connectivity index (χ1n) is 4.41. The summed E-state index contributed by atoms with van der Waals surface area (Å²) in [6, 6.07) is 5.40. The van der Waals surface area contributed by atoms with Crippen LogP contribution in [0.5, 0.6) is 5.75 Å². The lowest BCUT2D eigenvalue weighted by atomic mass is 10.3. The lowest BCUT2D eigenvalue weighted by molar-refractivity contribution is 0.340. The molecule has 0 atom stereocenters. The molecule has 0 aliphatic rings. The molecule has 2 aromatic rings. The molecular weight excluding hydrogens is 180 g/mol. The van der Waals surface area contributed by atoms with Crippen LogP contribution in [0.2, 0.25) is 0 Å². The molecule has 0 bridgehead atoms. The molecule has 0 aliphatic carbocycles. The van der Waals surface area contributed by atoms with E-state index in [0.717, 1.165) is 16.8 Å². The van der Waals surface area contributed by atoms with E-state index in [2.05, 4.69) is 9.97 Å². The van der Waals surface area contributed by atoms with Gasteiger partial charge in [0.05, 0.1) is 23.8 Å². The van der Waals surface area contributed by atoms with Crippen molar-refractivity contribution >= 4 is 11.0 Å². The summed E-state index contributed by atoms with van der Waals surface area (Å²) in [5, 5.41) is 0. The Labute approximate surface area is 80.6 Å². The van der Waals surface area contributed by atoms with Crippen LogP contribution in [0.4, 0.5) is 0 Å². The SMILES string of the molecule is CCOc1ccc2[nH]c(=O)cnc2c1. The summed E-state index contributed by atoms with van der Waals surface area (Å²) in [6.45, 7) is 2.54. The topological polar surface area (TPSA) is 55.0 Å². The highest BCUT2D eigenvalue weighted by Crippen LogP contribution is 2.16. The van der Waals surface area contributed by atoms with Crippen molar-refractivity contribution in [2.24, 2.45) is 0 Å². The van der Waals surface area contributed by atoms with Gasteiger partial charge in [0.2, 0.25) is 0 Å². The number of nitrogens with zero attached hydrogens (tertiary/aromatic N) is 1. The van der Waals surface area contributed by atoms with Gasteiger partial charge in [-0.25, -0.2) is 4.98 Å². The van der Waals surface area contributed by atoms with Crippen LogP contribution >= 0.6 is 0 Å². The molecule has 4 heteroatoms. The molecule has 0 radical (unpaired) electrons. The number of rotatable bonds is 2. The number of benzene rings is 1. The maximum absolute atomic E-state index is 10.9. The molecule has 0 saturated heterocycles. The van der Waals surface area contributed by atoms with E-state index in [-0.39, 0.29) is 5.56 Å². The quantitative estimate of drug-likeness (QED) is 0.777. The lowest BCUT2D eigenvalue weighted by Crippen LogP contribution is -2.04. The van der Waals surface area contributed by atoms with Gasteiger partial charge < -0.3 is 9.72 Å². The summed E-state index contributed by atoms with van der Waals surface area (Å²) in [5.41, 5.74) is 1.26. The van der Waals surface area contributed by atoms with Crippen molar-refractivity contribution in [3.63, 3.8) is 0 Å². The van der Waals surface area contributed by atoms with Gasteiger partial charge in [0.1, 0.15) is 5.75 Å². The second kappa shape index (κ2) is 3.49. The Morgan fingerprint density at radius 1 is 1.50 bits per heavy atom. The Kier molecular flexibility index (Phi) is 2.18. The molecule has 0 spiro atoms. The first-order valence-corrected chi connectivity index (χ1v) is 4.41. The third kappa shape index (κ3) is 1.59. The molecule has 0 saturated carbocycles. The van der Waals surface area contributed by atoms with Crippen molar-refractivity contribution in [1.29, 1.82) is 0 Å². The molecule has 14 heavy (non-hydrogen) atoms. The predicted molar refractivity (Wildman–Crippen MR) is 53.5 cm³/mol. The molecule has 1 aromatic carbocycles. The van der Waals surface area contributed by atoms with Gasteiger partial charge >= 0.3 is 0 Å². The minimum atomic E-state index is -0.193. The maximum atomic E-state index is 10.9. The molecule has 0 aliphatic heterocycles. The predicted octanol–water partition coefficient (Wildman–Crippen LogP) is 1.32. The number of nitrogens with one attached hydrogen (secondary N) is 1. The molecule has 1 aromatic heterocycles. The normalized spacial score (nSPS) is 10.4. The number of H-pyrrole nitrogens is 1. The Balaban J connectivity index is 2.56. The summed E-state index contributed by atoms with van der Waals surface area (Å²) < 4.78 is 5.31. The summed E-state index contributed by atoms with van der Waals surface area (Å²) in [5.74, 6) is 0.763. The zero-order chi connectivity index (χ0) is 9.97. The standard InChI is InChI=1S/C10H10N2O2/c1-2-14-7-3-4-8-9(5-7)11-6-10(13)12-8/h3-6H,2H2,1H3,(H,12,13). The second-order valence-electron chi connectivity index (χ2n) is 2.86. The molecule has 4 nitrogen and oxygen atoms in total. The van der Waals surface area contributed by atoms with Crippen molar-refractivity contribution in [3.8, 4) is 5.75 Å². The Bertz CT molecular complexity index is 505. The van der Waals surface area contributed by atoms with Crippen LogP contribution in [0.1, 0.15) is 6.92 Å². The van der Waals surface area contributed by atoms with Gasteiger partial charge in [-0.15, -0.1) is 0 Å². The largest absolute Gasteiger partial charge is 0.494 e. The highest BCUT2D eigenvalue weighted by molar-refractivity contribution is 5.75. The number of ether oxygens (including phenoxy) is 1. The van der Waals surface area contributed by atoms with Gasteiger partial charge in [-0.3, -0.25) is 4.79 Å². The van der Waals surface area contributed by atoms with Crippen LogP contribution in [-0.2, 0) is 0 Å². The third-order valence-corrected chi connectivity index (χ3v) is 1.86. The molecule has 0 amide bonds. The van der Waals surface area contributed by atoms with Crippen molar-refractivity contribution in [2.45, 2.75) is 6.92 Å². The van der Waals surface area contributed by atoms with Crippen molar-refractivity contribution in [2.75, 3.05) is 6.61 Å². The number of aromatic nitrogens is 2. The Morgan fingerprint density at radius 3 is 3.14 bits per heavy atom. The summed E-state index contributed by atoms with van der Waals surface area (Å²) in [7, 11) is 0. The van der Waals surface area contributed by atoms with E-state index in [1.165, 1.54) is 6.20 Å². The average Bonchev–Trinajstić information content (AvgIpc) is 2.19. The van der Waals surface area contributed by atoms with Gasteiger partial charge in [0.25, 0.3) is 5.56 Å². The Hall–Kier alpha value is -1.84. The third-order valence-electron chi connectivity index (χ3n) is 1.86. The smallest absolute Gasteiger partial charge is 0.266 e. The minimum absolute atomic E-state index is 0.193. The zero-order valence-electron chi connectivity index (χ0n) is 7.78. The van der Waals surface area contributed by atoms with Gasteiger partial charge in [-0.05, 0) is 19.1 Å². The van der Waals surface area contributed by atoms with E-state index in [4.69, 9.17) is 4.74 Å². The van der Waals surface area contributed by atoms with Gasteiger partial charge in [-0.2, -0.15) is 0 Å². The van der Waals surface area contributed by atoms with Crippen LogP contribution < -0.4 is 10.3 Å². The average molecular weight is 190 g/mol. The minimum Gasteiger partial charge on any atom is -0.494 e. The highest BCUT2D eigenvalue weighted by Gasteiger charge is 1.98. The molecule has 0 unspecified atom stereocenters. The van der Waals surface area contributed by atoms with E-state index in [0.29, 0.717) is 6.61 Å². The molecule has 2 rings (SSSR count). The number of fused-ring (bicyclic) bond motifs is 1. The first-order chi connectivity index (χ1) is 6.79. The zero-order valence-corrected chi connectivity index (χ0v) is 7.78. The number of hydrogen-bond acceptors (Lipinski definition) is 3. The fourth-order valence-corrected chi connectivity index (χ4v) is 1.27. The summed E-state index contributed by atoms with van der Waals surface area (Å²) in [4.78, 5) is 17.6. The van der Waals surface area contributed by atoms with Crippen LogP contribution in [0.3, 0.4) is 0 Å². The van der Waals surface area contributed by atoms with E-state index in [1.807, 2.05) is 13.0 Å². The summed E-state index contributed by atoms with van der Waals surface area (Å²) in [6.07, 6.45) is 1.26. The number of hydrogen-bond donors (Lipinski definition) is 1. The molecule has 72 valence electrons. The molecule has 1 heterocycles. The molecule has 1 N–H and O–H groups in total. The Morgan fingerprint density at radius 2 is 2.36 bits per heavy atom. The maximum Gasteiger partial charge on any atom is 0.266 e. The van der Waals surface area contributed by atoms with Crippen LogP contribution in [-0.4, -0.2) is 16.6 Å². The second-order valence-corrected chi connectivity index (χ2v) is 2.86. The van der Waals surface area contributed by atoms with Crippen molar-refractivity contribution in [1.82, 2.24) is 9.97 Å². The number of aromatic amines is 1. The molecular formula is C10H10N2O2. The van der Waals surface area contributed by atoms with Crippen molar-refractivity contribution in [3.05, 3.63) is 34.7 Å². The van der Waals surface area contributed by atoms with Crippen molar-refractivity contribution < 1.29 is 4.74 Å². The first kappa shape index (κ1) is 8.74. The van der Waals surface area contributed by atoms with Crippen LogP contribution in [0.25, 0.3) is 11.0 Å². The molecule has 0 fully saturated rings. The highest BCUT2D eigenvalue weighted by atomic mass is 16.5. The summed E-state index contributed by atoms with van der Waals surface area (Å²) >= 11 is 0. The van der Waals surface area contributed by atoms with Gasteiger partial charge in [0, 0.05) is 6.07 Å². The van der Waals surface area contributed by atoms with Gasteiger partial charge in [-0.1, -0.05) is 0 Å². The van der Waals surface area contributed by atoms with Crippen LogP contribution in [0.15, 0.2) is 29.2 Å².